The Balaban J connectivity index is 1.88. The van der Waals surface area contributed by atoms with Crippen molar-refractivity contribution in [1.82, 2.24) is 10.5 Å². The normalized spacial score (nSPS) is 10.6. The number of ether oxygens (including phenoxy) is 1. The molecule has 1 N–H and O–H groups in total. The molecular formula is C14H18N2O2. The van der Waals surface area contributed by atoms with Gasteiger partial charge in [0, 0.05) is 12.6 Å². The van der Waals surface area contributed by atoms with E-state index in [0.29, 0.717) is 6.54 Å². The molecule has 0 aliphatic heterocycles. The third kappa shape index (κ3) is 3.11. The standard InChI is InChI=1S/C14H18N2O2/c1-10-6-12(4-5-14(10)17-3)8-15-9-13-7-11(2)16-18-13/h4-7,15H,8-9H2,1-3H3. The number of nitrogens with zero attached hydrogens (tertiary/aromatic N) is 1. The van der Waals surface area contributed by atoms with Crippen molar-refractivity contribution in [3.05, 3.63) is 46.8 Å². The lowest BCUT2D eigenvalue weighted by Crippen LogP contribution is -2.12. The minimum absolute atomic E-state index is 0.686. The lowest BCUT2D eigenvalue weighted by Gasteiger charge is -2.07. The maximum atomic E-state index is 5.23. The quantitative estimate of drug-likeness (QED) is 0.881. The number of rotatable bonds is 5. The molecule has 2 rings (SSSR count). The summed E-state index contributed by atoms with van der Waals surface area (Å²) >= 11 is 0. The molecule has 0 fully saturated rings. The summed E-state index contributed by atoms with van der Waals surface area (Å²) in [5.74, 6) is 1.78. The van der Waals surface area contributed by atoms with Gasteiger partial charge in [0.2, 0.25) is 0 Å². The summed E-state index contributed by atoms with van der Waals surface area (Å²) in [6.07, 6.45) is 0. The monoisotopic (exact) mass is 246 g/mol. The number of aryl methyl sites for hydroxylation is 2. The van der Waals surface area contributed by atoms with Gasteiger partial charge < -0.3 is 14.6 Å². The van der Waals surface area contributed by atoms with E-state index in [4.69, 9.17) is 9.26 Å². The van der Waals surface area contributed by atoms with Crippen LogP contribution in [0.1, 0.15) is 22.6 Å². The average molecular weight is 246 g/mol. The van der Waals surface area contributed by atoms with Crippen LogP contribution < -0.4 is 10.1 Å². The summed E-state index contributed by atoms with van der Waals surface area (Å²) in [5.41, 5.74) is 3.28. The highest BCUT2D eigenvalue weighted by Crippen LogP contribution is 2.18. The zero-order chi connectivity index (χ0) is 13.0. The van der Waals surface area contributed by atoms with Crippen LogP contribution in [0.2, 0.25) is 0 Å². The number of hydrogen-bond donors (Lipinski definition) is 1. The van der Waals surface area contributed by atoms with E-state index in [1.54, 1.807) is 7.11 Å². The van der Waals surface area contributed by atoms with E-state index in [2.05, 4.69) is 22.6 Å². The molecule has 0 unspecified atom stereocenters. The van der Waals surface area contributed by atoms with Gasteiger partial charge in [-0.25, -0.2) is 0 Å². The Bertz CT molecular complexity index is 520. The van der Waals surface area contributed by atoms with Crippen molar-refractivity contribution in [1.29, 1.82) is 0 Å². The smallest absolute Gasteiger partial charge is 0.150 e. The van der Waals surface area contributed by atoms with E-state index in [0.717, 1.165) is 29.3 Å². The van der Waals surface area contributed by atoms with Crippen molar-refractivity contribution in [2.75, 3.05) is 7.11 Å². The zero-order valence-electron chi connectivity index (χ0n) is 11.0. The second kappa shape index (κ2) is 5.69. The molecule has 0 aliphatic rings. The van der Waals surface area contributed by atoms with Crippen LogP contribution in [0.3, 0.4) is 0 Å². The summed E-state index contributed by atoms with van der Waals surface area (Å²) in [6, 6.07) is 8.11. The number of aromatic nitrogens is 1. The first kappa shape index (κ1) is 12.6. The minimum atomic E-state index is 0.686. The van der Waals surface area contributed by atoms with Gasteiger partial charge in [0.05, 0.1) is 19.3 Å². The van der Waals surface area contributed by atoms with Gasteiger partial charge in [-0.05, 0) is 31.0 Å². The van der Waals surface area contributed by atoms with Gasteiger partial charge in [0.15, 0.2) is 5.76 Å². The summed E-state index contributed by atoms with van der Waals surface area (Å²) in [4.78, 5) is 0. The first-order valence-corrected chi connectivity index (χ1v) is 5.95. The molecule has 1 aromatic heterocycles. The van der Waals surface area contributed by atoms with Crippen LogP contribution in [-0.2, 0) is 13.1 Å². The maximum Gasteiger partial charge on any atom is 0.150 e. The van der Waals surface area contributed by atoms with Gasteiger partial charge >= 0.3 is 0 Å². The predicted octanol–water partition coefficient (Wildman–Crippen LogP) is 2.59. The van der Waals surface area contributed by atoms with Crippen LogP contribution in [0.4, 0.5) is 0 Å². The van der Waals surface area contributed by atoms with Crippen molar-refractivity contribution in [2.45, 2.75) is 26.9 Å². The summed E-state index contributed by atoms with van der Waals surface area (Å²) in [6.45, 7) is 5.44. The molecule has 0 bridgehead atoms. The number of methoxy groups -OCH3 is 1. The highest BCUT2D eigenvalue weighted by atomic mass is 16.5. The average Bonchev–Trinajstić information content (AvgIpc) is 2.75. The molecule has 96 valence electrons. The molecule has 4 heteroatoms. The van der Waals surface area contributed by atoms with Crippen molar-refractivity contribution in [2.24, 2.45) is 0 Å². The molecule has 4 nitrogen and oxygen atoms in total. The molecule has 0 atom stereocenters. The van der Waals surface area contributed by atoms with Crippen LogP contribution in [0, 0.1) is 13.8 Å². The summed E-state index contributed by atoms with van der Waals surface area (Å²) in [7, 11) is 1.69. The maximum absolute atomic E-state index is 5.23. The molecular weight excluding hydrogens is 228 g/mol. The predicted molar refractivity (Wildman–Crippen MR) is 69.5 cm³/mol. The lowest BCUT2D eigenvalue weighted by atomic mass is 10.1. The fraction of sp³-hybridized carbons (Fsp3) is 0.357. The van der Waals surface area contributed by atoms with Crippen LogP contribution in [0.5, 0.6) is 5.75 Å². The first-order chi connectivity index (χ1) is 8.69. The third-order valence-electron chi connectivity index (χ3n) is 2.76. The Hall–Kier alpha value is -1.81. The van der Waals surface area contributed by atoms with Crippen LogP contribution in [0.15, 0.2) is 28.8 Å². The lowest BCUT2D eigenvalue weighted by molar-refractivity contribution is 0.369. The van der Waals surface area contributed by atoms with E-state index in [1.807, 2.05) is 26.0 Å². The van der Waals surface area contributed by atoms with Crippen molar-refractivity contribution >= 4 is 0 Å². The van der Waals surface area contributed by atoms with Gasteiger partial charge in [-0.1, -0.05) is 17.3 Å². The fourth-order valence-electron chi connectivity index (χ4n) is 1.88. The zero-order valence-corrected chi connectivity index (χ0v) is 11.0. The molecule has 1 heterocycles. The van der Waals surface area contributed by atoms with Gasteiger partial charge in [0.1, 0.15) is 5.75 Å². The van der Waals surface area contributed by atoms with E-state index in [9.17, 15) is 0 Å². The highest BCUT2D eigenvalue weighted by molar-refractivity contribution is 5.36. The molecule has 0 spiro atoms. The number of hydrogen-bond acceptors (Lipinski definition) is 4. The van der Waals surface area contributed by atoms with Gasteiger partial charge in [-0.2, -0.15) is 0 Å². The fourth-order valence-corrected chi connectivity index (χ4v) is 1.88. The van der Waals surface area contributed by atoms with Crippen molar-refractivity contribution < 1.29 is 9.26 Å². The molecule has 0 aliphatic carbocycles. The molecule has 1 aromatic carbocycles. The van der Waals surface area contributed by atoms with E-state index in [-0.39, 0.29) is 0 Å². The SMILES string of the molecule is COc1ccc(CNCc2cc(C)no2)cc1C. The molecule has 0 saturated heterocycles. The highest BCUT2D eigenvalue weighted by Gasteiger charge is 2.02. The molecule has 0 radical (unpaired) electrons. The van der Waals surface area contributed by atoms with Crippen LogP contribution >= 0.6 is 0 Å². The van der Waals surface area contributed by atoms with Gasteiger partial charge in [0.25, 0.3) is 0 Å². The van der Waals surface area contributed by atoms with Gasteiger partial charge in [-0.15, -0.1) is 0 Å². The number of nitrogens with one attached hydrogen (secondary N) is 1. The topological polar surface area (TPSA) is 47.3 Å². The summed E-state index contributed by atoms with van der Waals surface area (Å²) < 4.78 is 10.4. The Morgan fingerprint density at radius 1 is 1.22 bits per heavy atom. The Labute approximate surface area is 107 Å². The Morgan fingerprint density at radius 2 is 2.06 bits per heavy atom. The number of benzene rings is 1. The molecule has 0 amide bonds. The second-order valence-electron chi connectivity index (χ2n) is 4.34. The van der Waals surface area contributed by atoms with Crippen molar-refractivity contribution in [3.8, 4) is 5.75 Å². The van der Waals surface area contributed by atoms with Crippen LogP contribution in [-0.4, -0.2) is 12.3 Å². The molecule has 2 aromatic rings. The van der Waals surface area contributed by atoms with E-state index >= 15 is 0 Å². The van der Waals surface area contributed by atoms with Crippen LogP contribution in [0.25, 0.3) is 0 Å². The summed E-state index contributed by atoms with van der Waals surface area (Å²) in [5, 5.41) is 7.17. The van der Waals surface area contributed by atoms with Gasteiger partial charge in [-0.3, -0.25) is 0 Å². The Morgan fingerprint density at radius 3 is 2.67 bits per heavy atom. The Kier molecular flexibility index (Phi) is 3.99. The first-order valence-electron chi connectivity index (χ1n) is 5.95. The second-order valence-corrected chi connectivity index (χ2v) is 4.34. The third-order valence-corrected chi connectivity index (χ3v) is 2.76. The molecule has 18 heavy (non-hydrogen) atoms. The molecule has 0 saturated carbocycles. The van der Waals surface area contributed by atoms with E-state index < -0.39 is 0 Å². The minimum Gasteiger partial charge on any atom is -0.496 e. The largest absolute Gasteiger partial charge is 0.496 e. The van der Waals surface area contributed by atoms with E-state index in [1.165, 1.54) is 5.56 Å². The van der Waals surface area contributed by atoms with Crippen molar-refractivity contribution in [3.63, 3.8) is 0 Å².